The molecule has 2 aromatic carbocycles. The minimum Gasteiger partial charge on any atom is -0.322 e. The molecule has 0 unspecified atom stereocenters. The first-order valence-electron chi connectivity index (χ1n) is 8.60. The number of nitrogens with one attached hydrogen (secondary N) is 1. The second-order valence-corrected chi connectivity index (χ2v) is 8.28. The quantitative estimate of drug-likeness (QED) is 0.731. The topological polar surface area (TPSA) is 66.5 Å². The molecule has 0 radical (unpaired) electrons. The van der Waals surface area contributed by atoms with Gasteiger partial charge in [-0.2, -0.15) is 13.2 Å². The van der Waals surface area contributed by atoms with E-state index >= 15 is 0 Å². The Morgan fingerprint density at radius 2 is 1.61 bits per heavy atom. The van der Waals surface area contributed by atoms with Crippen molar-refractivity contribution >= 4 is 21.6 Å². The van der Waals surface area contributed by atoms with Gasteiger partial charge >= 0.3 is 6.18 Å². The first-order valence-corrected chi connectivity index (χ1v) is 10.0. The van der Waals surface area contributed by atoms with E-state index in [-0.39, 0.29) is 10.5 Å². The van der Waals surface area contributed by atoms with Crippen molar-refractivity contribution in [3.05, 3.63) is 59.7 Å². The Kier molecular flexibility index (Phi) is 6.84. The first kappa shape index (κ1) is 21.9. The molecule has 0 saturated heterocycles. The lowest BCUT2D eigenvalue weighted by molar-refractivity contribution is -0.137. The second-order valence-electron chi connectivity index (χ2n) is 6.23. The Morgan fingerprint density at radius 3 is 2.11 bits per heavy atom. The Morgan fingerprint density at radius 1 is 1.04 bits per heavy atom. The number of anilines is 1. The maximum absolute atomic E-state index is 12.6. The van der Waals surface area contributed by atoms with Crippen LogP contribution in [0.3, 0.4) is 0 Å². The summed E-state index contributed by atoms with van der Waals surface area (Å²) in [5, 5.41) is 2.53. The number of carbonyl (C=O) groups is 1. The molecule has 28 heavy (non-hydrogen) atoms. The Balaban J connectivity index is 2.08. The Bertz CT molecular complexity index is 909. The van der Waals surface area contributed by atoms with Gasteiger partial charge in [0.05, 0.1) is 10.5 Å². The number of carbonyl (C=O) groups excluding carboxylic acids is 1. The van der Waals surface area contributed by atoms with Crippen molar-refractivity contribution in [2.24, 2.45) is 0 Å². The normalized spacial score (nSPS) is 12.2. The molecular formula is C19H21F3N2O3S. The van der Waals surface area contributed by atoms with Crippen molar-refractivity contribution in [2.75, 3.05) is 18.9 Å². The third-order valence-corrected chi connectivity index (χ3v) is 5.99. The van der Waals surface area contributed by atoms with Crippen molar-refractivity contribution < 1.29 is 26.4 Å². The van der Waals surface area contributed by atoms with Gasteiger partial charge in [0, 0.05) is 24.8 Å². The SMILES string of the molecule is CCCCN(C)S(=O)(=O)c1ccc(NC(=O)c2ccc(C(F)(F)F)cc2)cc1. The van der Waals surface area contributed by atoms with E-state index in [1.807, 2.05) is 6.92 Å². The molecule has 152 valence electrons. The molecule has 0 atom stereocenters. The molecule has 2 aromatic rings. The van der Waals surface area contributed by atoms with Crippen LogP contribution in [0, 0.1) is 0 Å². The van der Waals surface area contributed by atoms with Gasteiger partial charge < -0.3 is 5.32 Å². The second kappa shape index (κ2) is 8.74. The molecule has 1 amide bonds. The van der Waals surface area contributed by atoms with Gasteiger partial charge in [0.1, 0.15) is 0 Å². The minimum atomic E-state index is -4.47. The Hall–Kier alpha value is -2.39. The summed E-state index contributed by atoms with van der Waals surface area (Å²) in [5.74, 6) is -0.593. The highest BCUT2D eigenvalue weighted by Gasteiger charge is 2.30. The van der Waals surface area contributed by atoms with Crippen LogP contribution >= 0.6 is 0 Å². The van der Waals surface area contributed by atoms with Crippen LogP contribution in [-0.2, 0) is 16.2 Å². The number of unbranched alkanes of at least 4 members (excludes halogenated alkanes) is 1. The largest absolute Gasteiger partial charge is 0.416 e. The fourth-order valence-electron chi connectivity index (χ4n) is 2.40. The maximum atomic E-state index is 12.6. The number of amides is 1. The van der Waals surface area contributed by atoms with Crippen molar-refractivity contribution in [1.29, 1.82) is 0 Å². The van der Waals surface area contributed by atoms with Crippen LogP contribution in [0.1, 0.15) is 35.7 Å². The summed E-state index contributed by atoms with van der Waals surface area (Å²) in [7, 11) is -2.11. The lowest BCUT2D eigenvalue weighted by Gasteiger charge is -2.17. The highest BCUT2D eigenvalue weighted by atomic mass is 32.2. The summed E-state index contributed by atoms with van der Waals surface area (Å²) in [6.07, 6.45) is -2.85. The molecule has 0 aromatic heterocycles. The van der Waals surface area contributed by atoms with Gasteiger partial charge in [0.15, 0.2) is 0 Å². The van der Waals surface area contributed by atoms with Crippen LogP contribution < -0.4 is 5.32 Å². The van der Waals surface area contributed by atoms with Crippen LogP contribution in [-0.4, -0.2) is 32.2 Å². The average Bonchev–Trinajstić information content (AvgIpc) is 2.65. The highest BCUT2D eigenvalue weighted by molar-refractivity contribution is 7.89. The summed E-state index contributed by atoms with van der Waals surface area (Å²) in [6.45, 7) is 2.37. The van der Waals surface area contributed by atoms with E-state index in [0.29, 0.717) is 12.2 Å². The smallest absolute Gasteiger partial charge is 0.322 e. The molecule has 1 N–H and O–H groups in total. The van der Waals surface area contributed by atoms with Crippen LogP contribution in [0.4, 0.5) is 18.9 Å². The van der Waals surface area contributed by atoms with E-state index in [1.165, 1.54) is 35.6 Å². The maximum Gasteiger partial charge on any atom is 0.416 e. The number of halogens is 3. The first-order chi connectivity index (χ1) is 13.1. The third-order valence-electron chi connectivity index (χ3n) is 4.12. The third kappa shape index (κ3) is 5.32. The van der Waals surface area contributed by atoms with Crippen molar-refractivity contribution in [3.8, 4) is 0 Å². The molecule has 0 heterocycles. The lowest BCUT2D eigenvalue weighted by atomic mass is 10.1. The van der Waals surface area contributed by atoms with Crippen LogP contribution in [0.25, 0.3) is 0 Å². The van der Waals surface area contributed by atoms with Crippen LogP contribution in [0.2, 0.25) is 0 Å². The summed E-state index contributed by atoms with van der Waals surface area (Å²) in [5.41, 5.74) is -0.449. The summed E-state index contributed by atoms with van der Waals surface area (Å²) < 4.78 is 63.9. The molecule has 0 aliphatic heterocycles. The zero-order chi connectivity index (χ0) is 20.9. The molecule has 0 spiro atoms. The van der Waals surface area contributed by atoms with Gasteiger partial charge in [-0.25, -0.2) is 12.7 Å². The van der Waals surface area contributed by atoms with E-state index in [0.717, 1.165) is 37.1 Å². The molecule has 0 fully saturated rings. The molecule has 5 nitrogen and oxygen atoms in total. The zero-order valence-corrected chi connectivity index (χ0v) is 16.3. The summed E-state index contributed by atoms with van der Waals surface area (Å²) in [4.78, 5) is 12.3. The van der Waals surface area contributed by atoms with Gasteiger partial charge in [-0.15, -0.1) is 0 Å². The number of benzene rings is 2. The number of alkyl halides is 3. The number of nitrogens with zero attached hydrogens (tertiary/aromatic N) is 1. The van der Waals surface area contributed by atoms with Crippen molar-refractivity contribution in [2.45, 2.75) is 30.8 Å². The van der Waals surface area contributed by atoms with E-state index in [4.69, 9.17) is 0 Å². The van der Waals surface area contributed by atoms with Gasteiger partial charge in [-0.1, -0.05) is 13.3 Å². The number of rotatable bonds is 7. The van der Waals surface area contributed by atoms with Crippen molar-refractivity contribution in [1.82, 2.24) is 4.31 Å². The van der Waals surface area contributed by atoms with E-state index < -0.39 is 27.7 Å². The summed E-state index contributed by atoms with van der Waals surface area (Å²) in [6, 6.07) is 9.44. The molecule has 0 aliphatic carbocycles. The number of hydrogen-bond acceptors (Lipinski definition) is 3. The molecule has 2 rings (SSSR count). The predicted octanol–water partition coefficient (Wildman–Crippen LogP) is 4.38. The fourth-order valence-corrected chi connectivity index (χ4v) is 3.61. The zero-order valence-electron chi connectivity index (χ0n) is 15.5. The number of sulfonamides is 1. The van der Waals surface area contributed by atoms with Crippen molar-refractivity contribution in [3.63, 3.8) is 0 Å². The molecule has 0 aliphatic rings. The molecule has 0 bridgehead atoms. The Labute approximate surface area is 162 Å². The molecule has 0 saturated carbocycles. The van der Waals surface area contributed by atoms with E-state index in [9.17, 15) is 26.4 Å². The summed E-state index contributed by atoms with van der Waals surface area (Å²) >= 11 is 0. The predicted molar refractivity (Wildman–Crippen MR) is 101 cm³/mol. The highest BCUT2D eigenvalue weighted by Crippen LogP contribution is 2.29. The average molecular weight is 414 g/mol. The van der Waals surface area contributed by atoms with Gasteiger partial charge in [-0.3, -0.25) is 4.79 Å². The lowest BCUT2D eigenvalue weighted by Crippen LogP contribution is -2.27. The van der Waals surface area contributed by atoms with E-state index in [1.54, 1.807) is 0 Å². The monoisotopic (exact) mass is 414 g/mol. The fraction of sp³-hybridized carbons (Fsp3) is 0.316. The van der Waals surface area contributed by atoms with Crippen LogP contribution in [0.5, 0.6) is 0 Å². The number of hydrogen-bond donors (Lipinski definition) is 1. The van der Waals surface area contributed by atoms with Gasteiger partial charge in [-0.05, 0) is 55.0 Å². The molecule has 9 heteroatoms. The minimum absolute atomic E-state index is 0.0593. The van der Waals surface area contributed by atoms with Crippen LogP contribution in [0.15, 0.2) is 53.4 Å². The van der Waals surface area contributed by atoms with E-state index in [2.05, 4.69) is 5.32 Å². The molecular weight excluding hydrogens is 393 g/mol. The standard InChI is InChI=1S/C19H21F3N2O3S/c1-3-4-13-24(2)28(26,27)17-11-9-16(10-12-17)23-18(25)14-5-7-15(8-6-14)19(20,21)22/h5-12H,3-4,13H2,1-2H3,(H,23,25). The van der Waals surface area contributed by atoms with Gasteiger partial charge in [0.25, 0.3) is 5.91 Å². The van der Waals surface area contributed by atoms with Gasteiger partial charge in [0.2, 0.25) is 10.0 Å².